The highest BCUT2D eigenvalue weighted by atomic mass is 16.5. The van der Waals surface area contributed by atoms with Crippen LogP contribution in [0.2, 0.25) is 0 Å². The highest BCUT2D eigenvalue weighted by Crippen LogP contribution is 2.21. The number of fused-ring (bicyclic) bond motifs is 1. The molecule has 1 aliphatic rings. The van der Waals surface area contributed by atoms with E-state index in [2.05, 4.69) is 24.4 Å². The number of hydrogen-bond acceptors (Lipinski definition) is 3. The molecular weight excluding hydrogens is 300 g/mol. The van der Waals surface area contributed by atoms with E-state index in [4.69, 9.17) is 4.74 Å². The van der Waals surface area contributed by atoms with E-state index < -0.39 is 0 Å². The van der Waals surface area contributed by atoms with E-state index in [1.54, 1.807) is 0 Å². The van der Waals surface area contributed by atoms with E-state index in [0.717, 1.165) is 50.2 Å². The molecule has 0 radical (unpaired) electrons. The van der Waals surface area contributed by atoms with Crippen molar-refractivity contribution in [3.63, 3.8) is 0 Å². The van der Waals surface area contributed by atoms with Crippen LogP contribution in [0.3, 0.4) is 0 Å². The molecule has 1 N–H and O–H groups in total. The van der Waals surface area contributed by atoms with Gasteiger partial charge in [0.25, 0.3) is 5.91 Å². The molecule has 1 heterocycles. The summed E-state index contributed by atoms with van der Waals surface area (Å²) in [6.07, 6.45) is 2.16. The zero-order chi connectivity index (χ0) is 16.8. The average Bonchev–Trinajstić information content (AvgIpc) is 2.64. The first-order valence-electron chi connectivity index (χ1n) is 8.86. The number of ether oxygens (including phenoxy) is 1. The van der Waals surface area contributed by atoms with Gasteiger partial charge in [-0.3, -0.25) is 4.79 Å². The maximum Gasteiger partial charge on any atom is 0.260 e. The number of carbonyl (C=O) groups excluding carboxylic acids is 1. The highest BCUT2D eigenvalue weighted by molar-refractivity contribution is 5.84. The molecule has 4 heteroatoms. The van der Waals surface area contributed by atoms with Crippen LogP contribution in [-0.2, 0) is 4.79 Å². The van der Waals surface area contributed by atoms with Crippen molar-refractivity contribution in [3.05, 3.63) is 42.5 Å². The van der Waals surface area contributed by atoms with Crippen molar-refractivity contribution < 1.29 is 9.53 Å². The number of hydrogen-bond donors (Lipinski definition) is 1. The van der Waals surface area contributed by atoms with Gasteiger partial charge in [0.2, 0.25) is 0 Å². The van der Waals surface area contributed by atoms with Crippen LogP contribution in [0.1, 0.15) is 19.8 Å². The summed E-state index contributed by atoms with van der Waals surface area (Å²) >= 11 is 0. The molecule has 0 bridgehead atoms. The average molecular weight is 326 g/mol. The standard InChI is InChI=1S/C20H26N2O2/c1-2-21-14-16-9-11-22(12-10-16)20(23)15-24-19-8-7-17-5-3-4-6-18(17)13-19/h3-8,13,16,21H,2,9-12,14-15H2,1H3. The van der Waals surface area contributed by atoms with Gasteiger partial charge in [-0.1, -0.05) is 37.3 Å². The van der Waals surface area contributed by atoms with Gasteiger partial charge in [0.15, 0.2) is 6.61 Å². The monoisotopic (exact) mass is 326 g/mol. The Bertz CT molecular complexity index is 678. The van der Waals surface area contributed by atoms with E-state index in [-0.39, 0.29) is 12.5 Å². The summed E-state index contributed by atoms with van der Waals surface area (Å²) < 4.78 is 5.72. The number of rotatable bonds is 6. The SMILES string of the molecule is CCNCC1CCN(C(=O)COc2ccc3ccccc3c2)CC1. The summed E-state index contributed by atoms with van der Waals surface area (Å²) in [7, 11) is 0. The molecule has 1 saturated heterocycles. The molecule has 0 unspecified atom stereocenters. The molecule has 24 heavy (non-hydrogen) atoms. The number of carbonyl (C=O) groups is 1. The summed E-state index contributed by atoms with van der Waals surface area (Å²) in [5.41, 5.74) is 0. The van der Waals surface area contributed by atoms with Crippen LogP contribution in [0.5, 0.6) is 5.75 Å². The zero-order valence-corrected chi connectivity index (χ0v) is 14.3. The van der Waals surface area contributed by atoms with Crippen molar-refractivity contribution in [1.29, 1.82) is 0 Å². The fraction of sp³-hybridized carbons (Fsp3) is 0.450. The molecule has 2 aromatic rings. The van der Waals surface area contributed by atoms with E-state index in [0.29, 0.717) is 5.92 Å². The lowest BCUT2D eigenvalue weighted by Crippen LogP contribution is -2.42. The first-order valence-corrected chi connectivity index (χ1v) is 8.86. The lowest BCUT2D eigenvalue weighted by atomic mass is 9.97. The fourth-order valence-corrected chi connectivity index (χ4v) is 3.23. The van der Waals surface area contributed by atoms with Crippen LogP contribution in [0.4, 0.5) is 0 Å². The molecular formula is C20H26N2O2. The van der Waals surface area contributed by atoms with Crippen molar-refractivity contribution in [2.75, 3.05) is 32.8 Å². The summed E-state index contributed by atoms with van der Waals surface area (Å²) in [4.78, 5) is 14.3. The van der Waals surface area contributed by atoms with Gasteiger partial charge in [0.05, 0.1) is 0 Å². The molecule has 128 valence electrons. The third-order valence-corrected chi connectivity index (χ3v) is 4.73. The Morgan fingerprint density at radius 3 is 2.67 bits per heavy atom. The van der Waals surface area contributed by atoms with Crippen LogP contribution in [-0.4, -0.2) is 43.6 Å². The van der Waals surface area contributed by atoms with Gasteiger partial charge in [-0.25, -0.2) is 0 Å². The zero-order valence-electron chi connectivity index (χ0n) is 14.3. The molecule has 1 aliphatic heterocycles. The number of nitrogens with zero attached hydrogens (tertiary/aromatic N) is 1. The second-order valence-corrected chi connectivity index (χ2v) is 6.43. The maximum atomic E-state index is 12.3. The van der Waals surface area contributed by atoms with Crippen LogP contribution >= 0.6 is 0 Å². The topological polar surface area (TPSA) is 41.6 Å². The normalized spacial score (nSPS) is 15.6. The fourth-order valence-electron chi connectivity index (χ4n) is 3.23. The van der Waals surface area contributed by atoms with Crippen molar-refractivity contribution in [2.24, 2.45) is 5.92 Å². The van der Waals surface area contributed by atoms with Crippen molar-refractivity contribution in [3.8, 4) is 5.75 Å². The molecule has 4 nitrogen and oxygen atoms in total. The minimum Gasteiger partial charge on any atom is -0.484 e. The quantitative estimate of drug-likeness (QED) is 0.887. The van der Waals surface area contributed by atoms with Gasteiger partial charge in [-0.2, -0.15) is 0 Å². The Hall–Kier alpha value is -2.07. The Morgan fingerprint density at radius 2 is 1.92 bits per heavy atom. The van der Waals surface area contributed by atoms with Crippen molar-refractivity contribution >= 4 is 16.7 Å². The van der Waals surface area contributed by atoms with E-state index >= 15 is 0 Å². The van der Waals surface area contributed by atoms with E-state index in [1.165, 1.54) is 5.39 Å². The third kappa shape index (κ3) is 4.26. The smallest absolute Gasteiger partial charge is 0.260 e. The Kier molecular flexibility index (Phi) is 5.70. The van der Waals surface area contributed by atoms with Gasteiger partial charge in [0.1, 0.15) is 5.75 Å². The van der Waals surface area contributed by atoms with Crippen LogP contribution < -0.4 is 10.1 Å². The molecule has 0 aliphatic carbocycles. The van der Waals surface area contributed by atoms with Crippen LogP contribution in [0.15, 0.2) is 42.5 Å². The second kappa shape index (κ2) is 8.15. The predicted octanol–water partition coefficient (Wildman–Crippen LogP) is 3.07. The Balaban J connectivity index is 1.48. The number of benzene rings is 2. The highest BCUT2D eigenvalue weighted by Gasteiger charge is 2.22. The lowest BCUT2D eigenvalue weighted by Gasteiger charge is -2.32. The molecule has 1 fully saturated rings. The first-order chi connectivity index (χ1) is 11.8. The molecule has 0 spiro atoms. The molecule has 0 aromatic heterocycles. The summed E-state index contributed by atoms with van der Waals surface area (Å²) in [5, 5.41) is 5.71. The number of piperidine rings is 1. The Labute approximate surface area is 143 Å². The van der Waals surface area contributed by atoms with Gasteiger partial charge in [0, 0.05) is 13.1 Å². The van der Waals surface area contributed by atoms with Crippen LogP contribution in [0.25, 0.3) is 10.8 Å². The largest absolute Gasteiger partial charge is 0.484 e. The van der Waals surface area contributed by atoms with Crippen molar-refractivity contribution in [2.45, 2.75) is 19.8 Å². The second-order valence-electron chi connectivity index (χ2n) is 6.43. The molecule has 1 amide bonds. The molecule has 0 saturated carbocycles. The molecule has 2 aromatic carbocycles. The summed E-state index contributed by atoms with van der Waals surface area (Å²) in [6, 6.07) is 14.1. The first kappa shape index (κ1) is 16.8. The van der Waals surface area contributed by atoms with E-state index in [1.807, 2.05) is 35.2 Å². The number of nitrogens with one attached hydrogen (secondary N) is 1. The van der Waals surface area contributed by atoms with Crippen molar-refractivity contribution in [1.82, 2.24) is 10.2 Å². The summed E-state index contributed by atoms with van der Waals surface area (Å²) in [6.45, 7) is 6.01. The lowest BCUT2D eigenvalue weighted by molar-refractivity contribution is -0.134. The predicted molar refractivity (Wildman–Crippen MR) is 97.3 cm³/mol. The third-order valence-electron chi connectivity index (χ3n) is 4.73. The van der Waals surface area contributed by atoms with Gasteiger partial charge < -0.3 is 15.0 Å². The van der Waals surface area contributed by atoms with Crippen LogP contribution in [0, 0.1) is 5.92 Å². The maximum absolute atomic E-state index is 12.3. The minimum absolute atomic E-state index is 0.0880. The minimum atomic E-state index is 0.0880. The Morgan fingerprint density at radius 1 is 1.17 bits per heavy atom. The number of likely N-dealkylation sites (tertiary alicyclic amines) is 1. The van der Waals surface area contributed by atoms with Gasteiger partial charge in [-0.05, 0) is 54.8 Å². The van der Waals surface area contributed by atoms with Gasteiger partial charge >= 0.3 is 0 Å². The molecule has 0 atom stereocenters. The molecule has 3 rings (SSSR count). The number of amides is 1. The van der Waals surface area contributed by atoms with Gasteiger partial charge in [-0.15, -0.1) is 0 Å². The summed E-state index contributed by atoms with van der Waals surface area (Å²) in [5.74, 6) is 1.53. The van der Waals surface area contributed by atoms with E-state index in [9.17, 15) is 4.79 Å².